The first-order valence-electron chi connectivity index (χ1n) is 8.47. The summed E-state index contributed by atoms with van der Waals surface area (Å²) in [6.07, 6.45) is 1.91. The maximum Gasteiger partial charge on any atom is 0.199 e. The summed E-state index contributed by atoms with van der Waals surface area (Å²) in [5.74, 6) is 0.706. The van der Waals surface area contributed by atoms with E-state index < -0.39 is 0 Å². The van der Waals surface area contributed by atoms with Gasteiger partial charge in [-0.05, 0) is 60.5 Å². The Bertz CT molecular complexity index is 943. The molecule has 0 aliphatic rings. The van der Waals surface area contributed by atoms with Gasteiger partial charge in [-0.15, -0.1) is 11.8 Å². The van der Waals surface area contributed by atoms with Crippen molar-refractivity contribution in [1.29, 1.82) is 0 Å². The number of rotatable bonds is 6. The van der Waals surface area contributed by atoms with Gasteiger partial charge in [0.05, 0.1) is 4.91 Å². The molecular formula is C23H18Cl2OS. The highest BCUT2D eigenvalue weighted by atomic mass is 35.5. The molecule has 0 aromatic heterocycles. The molecule has 0 aliphatic heterocycles. The summed E-state index contributed by atoms with van der Waals surface area (Å²) in [6, 6.07) is 22.8. The molecule has 0 atom stereocenters. The highest BCUT2D eigenvalue weighted by molar-refractivity contribution is 8.03. The number of ketones is 1. The van der Waals surface area contributed by atoms with Crippen LogP contribution < -0.4 is 0 Å². The summed E-state index contributed by atoms with van der Waals surface area (Å²) < 4.78 is 0. The van der Waals surface area contributed by atoms with Gasteiger partial charge >= 0.3 is 0 Å². The molecule has 27 heavy (non-hydrogen) atoms. The lowest BCUT2D eigenvalue weighted by atomic mass is 10.1. The molecule has 3 aromatic carbocycles. The first-order chi connectivity index (χ1) is 13.0. The molecular weight excluding hydrogens is 395 g/mol. The van der Waals surface area contributed by atoms with Crippen LogP contribution >= 0.6 is 35.0 Å². The number of aryl methyl sites for hydroxylation is 1. The number of halogens is 2. The molecule has 4 heteroatoms. The fraction of sp³-hybridized carbons (Fsp3) is 0.0870. The zero-order valence-corrected chi connectivity index (χ0v) is 17.1. The van der Waals surface area contributed by atoms with Crippen molar-refractivity contribution in [1.82, 2.24) is 0 Å². The van der Waals surface area contributed by atoms with Crippen LogP contribution in [0.25, 0.3) is 6.08 Å². The number of carbonyl (C=O) groups excluding carboxylic acids is 1. The Morgan fingerprint density at radius 1 is 0.852 bits per heavy atom. The SMILES string of the molecule is Cc1ccc(CS/C(=C/c2ccc(Cl)cc2)C(=O)c2ccc(Cl)cc2)cc1. The van der Waals surface area contributed by atoms with Gasteiger partial charge in [-0.25, -0.2) is 0 Å². The Morgan fingerprint density at radius 2 is 1.41 bits per heavy atom. The van der Waals surface area contributed by atoms with Crippen LogP contribution in [0.2, 0.25) is 10.0 Å². The largest absolute Gasteiger partial charge is 0.288 e. The van der Waals surface area contributed by atoms with E-state index in [0.29, 0.717) is 20.5 Å². The van der Waals surface area contributed by atoms with E-state index in [1.165, 1.54) is 22.9 Å². The molecule has 3 aromatic rings. The standard InChI is InChI=1S/C23H18Cl2OS/c1-16-2-4-18(5-3-16)15-27-22(14-17-6-10-20(24)11-7-17)23(26)19-8-12-21(25)13-9-19/h2-14H,15H2,1H3/b22-14+. The van der Waals surface area contributed by atoms with E-state index in [1.54, 1.807) is 24.3 Å². The van der Waals surface area contributed by atoms with E-state index in [4.69, 9.17) is 23.2 Å². The minimum Gasteiger partial charge on any atom is -0.288 e. The van der Waals surface area contributed by atoms with Gasteiger partial charge in [0, 0.05) is 21.4 Å². The van der Waals surface area contributed by atoms with Gasteiger partial charge in [-0.2, -0.15) is 0 Å². The van der Waals surface area contributed by atoms with Gasteiger partial charge in [-0.1, -0.05) is 65.2 Å². The molecule has 0 spiro atoms. The van der Waals surface area contributed by atoms with E-state index in [2.05, 4.69) is 31.2 Å². The molecule has 0 amide bonds. The Labute approximate surface area is 174 Å². The molecule has 0 N–H and O–H groups in total. The van der Waals surface area contributed by atoms with Crippen LogP contribution in [0.1, 0.15) is 27.0 Å². The number of benzene rings is 3. The van der Waals surface area contributed by atoms with Crippen LogP contribution in [-0.4, -0.2) is 5.78 Å². The van der Waals surface area contributed by atoms with Crippen molar-refractivity contribution in [2.24, 2.45) is 0 Å². The van der Waals surface area contributed by atoms with Gasteiger partial charge in [0.2, 0.25) is 0 Å². The fourth-order valence-electron chi connectivity index (χ4n) is 2.47. The highest BCUT2D eigenvalue weighted by Gasteiger charge is 2.14. The Morgan fingerprint density at radius 3 is 2.00 bits per heavy atom. The second kappa shape index (κ2) is 9.27. The van der Waals surface area contributed by atoms with Crippen molar-refractivity contribution >= 4 is 46.8 Å². The van der Waals surface area contributed by atoms with E-state index in [0.717, 1.165) is 11.3 Å². The van der Waals surface area contributed by atoms with Crippen LogP contribution in [-0.2, 0) is 5.75 Å². The Hall–Kier alpha value is -2.00. The van der Waals surface area contributed by atoms with E-state index in [-0.39, 0.29) is 5.78 Å². The summed E-state index contributed by atoms with van der Waals surface area (Å²) in [7, 11) is 0. The highest BCUT2D eigenvalue weighted by Crippen LogP contribution is 2.28. The van der Waals surface area contributed by atoms with Crippen molar-refractivity contribution in [2.75, 3.05) is 0 Å². The maximum atomic E-state index is 13.0. The summed E-state index contributed by atoms with van der Waals surface area (Å²) >= 11 is 13.5. The lowest BCUT2D eigenvalue weighted by Gasteiger charge is -2.08. The van der Waals surface area contributed by atoms with Crippen LogP contribution in [0, 0.1) is 6.92 Å². The van der Waals surface area contributed by atoms with Gasteiger partial charge in [0.25, 0.3) is 0 Å². The number of hydrogen-bond donors (Lipinski definition) is 0. The van der Waals surface area contributed by atoms with Crippen LogP contribution in [0.5, 0.6) is 0 Å². The van der Waals surface area contributed by atoms with Crippen molar-refractivity contribution < 1.29 is 4.79 Å². The quantitative estimate of drug-likeness (QED) is 0.308. The maximum absolute atomic E-state index is 13.0. The molecule has 0 radical (unpaired) electrons. The third-order valence-electron chi connectivity index (χ3n) is 4.01. The molecule has 0 unspecified atom stereocenters. The predicted octanol–water partition coefficient (Wildman–Crippen LogP) is 7.46. The topological polar surface area (TPSA) is 17.1 Å². The molecule has 3 rings (SSSR count). The Kier molecular flexibility index (Phi) is 6.78. The lowest BCUT2D eigenvalue weighted by Crippen LogP contribution is -2.01. The molecule has 1 nitrogen and oxygen atoms in total. The monoisotopic (exact) mass is 412 g/mol. The van der Waals surface area contributed by atoms with E-state index in [9.17, 15) is 4.79 Å². The smallest absolute Gasteiger partial charge is 0.199 e. The fourth-order valence-corrected chi connectivity index (χ4v) is 3.71. The molecule has 0 saturated heterocycles. The zero-order chi connectivity index (χ0) is 19.2. The third-order valence-corrected chi connectivity index (χ3v) is 5.61. The number of thioether (sulfide) groups is 1. The molecule has 0 fully saturated rings. The van der Waals surface area contributed by atoms with Crippen LogP contribution in [0.3, 0.4) is 0 Å². The predicted molar refractivity (Wildman–Crippen MR) is 118 cm³/mol. The average molecular weight is 413 g/mol. The van der Waals surface area contributed by atoms with Crippen molar-refractivity contribution in [2.45, 2.75) is 12.7 Å². The minimum atomic E-state index is -0.0151. The first kappa shape index (κ1) is 19.8. The summed E-state index contributed by atoms with van der Waals surface area (Å²) in [6.45, 7) is 2.06. The van der Waals surface area contributed by atoms with Crippen molar-refractivity contribution in [3.8, 4) is 0 Å². The zero-order valence-electron chi connectivity index (χ0n) is 14.8. The van der Waals surface area contributed by atoms with Gasteiger partial charge < -0.3 is 0 Å². The second-order valence-electron chi connectivity index (χ2n) is 6.17. The summed E-state index contributed by atoms with van der Waals surface area (Å²) in [5.41, 5.74) is 3.96. The van der Waals surface area contributed by atoms with E-state index >= 15 is 0 Å². The van der Waals surface area contributed by atoms with Crippen LogP contribution in [0.15, 0.2) is 77.7 Å². The number of hydrogen-bond acceptors (Lipinski definition) is 2. The summed E-state index contributed by atoms with van der Waals surface area (Å²) in [5, 5.41) is 1.28. The van der Waals surface area contributed by atoms with E-state index in [1.807, 2.05) is 30.3 Å². The molecule has 0 heterocycles. The Balaban J connectivity index is 1.87. The number of allylic oxidation sites excluding steroid dienone is 1. The number of carbonyl (C=O) groups is 1. The third kappa shape index (κ3) is 5.74. The van der Waals surface area contributed by atoms with Crippen molar-refractivity contribution in [3.63, 3.8) is 0 Å². The molecule has 136 valence electrons. The van der Waals surface area contributed by atoms with Crippen molar-refractivity contribution in [3.05, 3.63) is 110 Å². The number of Topliss-reactive ketones (excluding diaryl/α,β-unsaturated/α-hetero) is 1. The first-order valence-corrected chi connectivity index (χ1v) is 10.2. The molecule has 0 bridgehead atoms. The van der Waals surface area contributed by atoms with Gasteiger partial charge in [0.15, 0.2) is 5.78 Å². The normalized spacial score (nSPS) is 11.4. The lowest BCUT2D eigenvalue weighted by molar-refractivity contribution is 0.104. The average Bonchev–Trinajstić information content (AvgIpc) is 2.68. The summed E-state index contributed by atoms with van der Waals surface area (Å²) in [4.78, 5) is 13.7. The van der Waals surface area contributed by atoms with Gasteiger partial charge in [-0.3, -0.25) is 4.79 Å². The molecule has 0 aliphatic carbocycles. The molecule has 0 saturated carbocycles. The minimum absolute atomic E-state index is 0.0151. The van der Waals surface area contributed by atoms with Crippen LogP contribution in [0.4, 0.5) is 0 Å². The second-order valence-corrected chi connectivity index (χ2v) is 8.06. The van der Waals surface area contributed by atoms with Gasteiger partial charge in [0.1, 0.15) is 0 Å².